The van der Waals surface area contributed by atoms with Gasteiger partial charge in [-0.15, -0.1) is 0 Å². The summed E-state index contributed by atoms with van der Waals surface area (Å²) >= 11 is 1.87. The van der Waals surface area contributed by atoms with Crippen molar-refractivity contribution < 1.29 is 4.79 Å². The molecule has 0 radical (unpaired) electrons. The van der Waals surface area contributed by atoms with Crippen LogP contribution in [-0.4, -0.2) is 5.78 Å². The van der Waals surface area contributed by atoms with Crippen LogP contribution in [0, 0.1) is 37.5 Å². The number of ketones is 1. The van der Waals surface area contributed by atoms with E-state index >= 15 is 0 Å². The van der Waals surface area contributed by atoms with Crippen molar-refractivity contribution in [2.45, 2.75) is 64.9 Å². The van der Waals surface area contributed by atoms with E-state index < -0.39 is 5.92 Å². The molecule has 0 bridgehead atoms. The first kappa shape index (κ1) is 27.8. The molecular formula is C35H37N3OS. The summed E-state index contributed by atoms with van der Waals surface area (Å²) in [5.74, 6) is 1.83. The average molecular weight is 548 g/mol. The molecule has 5 rings (SSSR count). The highest BCUT2D eigenvalue weighted by Gasteiger charge is 2.45. The number of benzene rings is 3. The van der Waals surface area contributed by atoms with E-state index in [1.54, 1.807) is 0 Å². The molecule has 0 spiro atoms. The van der Waals surface area contributed by atoms with E-state index in [0.29, 0.717) is 24.2 Å². The number of thioether (sulfide) groups is 1. The summed E-state index contributed by atoms with van der Waals surface area (Å²) in [7, 11) is 0. The van der Waals surface area contributed by atoms with Gasteiger partial charge < -0.3 is 5.73 Å². The number of rotatable bonds is 6. The fourth-order valence-corrected chi connectivity index (χ4v) is 7.11. The number of carbonyl (C=O) groups excluding carboxylic acids is 1. The van der Waals surface area contributed by atoms with Crippen LogP contribution in [0.4, 0.5) is 5.69 Å². The van der Waals surface area contributed by atoms with Crippen molar-refractivity contribution in [2.24, 2.45) is 11.1 Å². The Labute approximate surface area is 242 Å². The van der Waals surface area contributed by atoms with Gasteiger partial charge in [-0.05, 0) is 72.6 Å². The van der Waals surface area contributed by atoms with Crippen LogP contribution in [0.2, 0.25) is 0 Å². The summed E-state index contributed by atoms with van der Waals surface area (Å²) in [6, 6.07) is 25.5. The van der Waals surface area contributed by atoms with Crippen LogP contribution in [0.1, 0.15) is 66.0 Å². The van der Waals surface area contributed by atoms with Gasteiger partial charge in [0.2, 0.25) is 0 Å². The van der Waals surface area contributed by atoms with E-state index in [4.69, 9.17) is 5.73 Å². The molecule has 0 amide bonds. The van der Waals surface area contributed by atoms with Crippen LogP contribution in [0.5, 0.6) is 0 Å². The van der Waals surface area contributed by atoms with Gasteiger partial charge in [0.1, 0.15) is 5.82 Å². The average Bonchev–Trinajstić information content (AvgIpc) is 2.90. The predicted octanol–water partition coefficient (Wildman–Crippen LogP) is 7.99. The zero-order valence-electron chi connectivity index (χ0n) is 24.0. The zero-order chi connectivity index (χ0) is 28.6. The van der Waals surface area contributed by atoms with Gasteiger partial charge in [0.25, 0.3) is 0 Å². The number of Topliss-reactive ketones (excluding diaryl/α,β-unsaturated/α-hetero) is 1. The standard InChI is InChI=1S/C35H37N3OS/c1-22-11-13-27(14-12-22)38-30-17-35(4,5)18-31(39)33(30)32(29(19-36)34(38)37)28-16-26(23(2)15-24(28)3)21-40-20-25-9-7-6-8-10-25/h6-16,32H,17-18,20-21,37H2,1-5H3. The van der Waals surface area contributed by atoms with Crippen LogP contribution in [-0.2, 0) is 16.3 Å². The molecule has 1 unspecified atom stereocenters. The van der Waals surface area contributed by atoms with E-state index in [9.17, 15) is 10.1 Å². The summed E-state index contributed by atoms with van der Waals surface area (Å²) in [5, 5.41) is 10.5. The molecule has 0 saturated carbocycles. The molecule has 3 aromatic rings. The summed E-state index contributed by atoms with van der Waals surface area (Å²) in [6.07, 6.45) is 1.16. The molecule has 0 fully saturated rings. The monoisotopic (exact) mass is 547 g/mol. The molecule has 2 N–H and O–H groups in total. The molecule has 0 saturated heterocycles. The Morgan fingerprint density at radius 3 is 2.35 bits per heavy atom. The lowest BCUT2D eigenvalue weighted by molar-refractivity contribution is -0.118. The maximum Gasteiger partial charge on any atom is 0.162 e. The van der Waals surface area contributed by atoms with Gasteiger partial charge in [0.05, 0.1) is 17.6 Å². The van der Waals surface area contributed by atoms with Crippen LogP contribution in [0.3, 0.4) is 0 Å². The second-order valence-electron chi connectivity index (χ2n) is 11.9. The zero-order valence-corrected chi connectivity index (χ0v) is 24.9. The molecule has 3 aromatic carbocycles. The van der Waals surface area contributed by atoms with Crippen molar-refractivity contribution in [1.29, 1.82) is 5.26 Å². The summed E-state index contributed by atoms with van der Waals surface area (Å²) < 4.78 is 0. The number of nitrogens with two attached hydrogens (primary N) is 1. The third-order valence-corrected chi connectivity index (χ3v) is 9.13. The second kappa shape index (κ2) is 11.0. The molecule has 1 aliphatic carbocycles. The summed E-state index contributed by atoms with van der Waals surface area (Å²) in [6.45, 7) is 10.5. The molecular weight excluding hydrogens is 510 g/mol. The highest BCUT2D eigenvalue weighted by molar-refractivity contribution is 7.97. The third kappa shape index (κ3) is 5.33. The fourth-order valence-electron chi connectivity index (χ4n) is 6.04. The number of allylic oxidation sites excluding steroid dienone is 3. The third-order valence-electron chi connectivity index (χ3n) is 8.08. The van der Waals surface area contributed by atoms with E-state index in [2.05, 4.69) is 70.2 Å². The van der Waals surface area contributed by atoms with Crippen molar-refractivity contribution in [1.82, 2.24) is 0 Å². The van der Waals surface area contributed by atoms with Gasteiger partial charge >= 0.3 is 0 Å². The lowest BCUT2D eigenvalue weighted by Gasteiger charge is -2.44. The Kier molecular flexibility index (Phi) is 7.66. The molecule has 1 atom stereocenters. The molecule has 0 aromatic heterocycles. The number of hydrogen-bond acceptors (Lipinski definition) is 5. The minimum absolute atomic E-state index is 0.105. The maximum absolute atomic E-state index is 14.0. The van der Waals surface area contributed by atoms with Gasteiger partial charge in [-0.3, -0.25) is 9.69 Å². The number of nitriles is 1. The first-order valence-corrected chi connectivity index (χ1v) is 15.0. The van der Waals surface area contributed by atoms with Crippen LogP contribution < -0.4 is 10.6 Å². The van der Waals surface area contributed by atoms with Crippen molar-refractivity contribution >= 4 is 23.2 Å². The molecule has 4 nitrogen and oxygen atoms in total. The van der Waals surface area contributed by atoms with Crippen molar-refractivity contribution in [2.75, 3.05) is 4.90 Å². The van der Waals surface area contributed by atoms with Gasteiger partial charge in [-0.1, -0.05) is 74.0 Å². The van der Waals surface area contributed by atoms with Gasteiger partial charge in [0, 0.05) is 34.9 Å². The molecule has 1 aliphatic heterocycles. The minimum atomic E-state index is -0.469. The van der Waals surface area contributed by atoms with E-state index in [-0.39, 0.29) is 11.2 Å². The van der Waals surface area contributed by atoms with E-state index in [1.807, 2.05) is 53.9 Å². The van der Waals surface area contributed by atoms with E-state index in [0.717, 1.165) is 45.2 Å². The molecule has 40 heavy (non-hydrogen) atoms. The Morgan fingerprint density at radius 2 is 1.68 bits per heavy atom. The van der Waals surface area contributed by atoms with Crippen molar-refractivity contribution in [3.63, 3.8) is 0 Å². The van der Waals surface area contributed by atoms with Crippen LogP contribution >= 0.6 is 11.8 Å². The van der Waals surface area contributed by atoms with Crippen molar-refractivity contribution in [3.05, 3.63) is 123 Å². The predicted molar refractivity (Wildman–Crippen MR) is 166 cm³/mol. The number of carbonyl (C=O) groups is 1. The number of aryl methyl sites for hydroxylation is 3. The Morgan fingerprint density at radius 1 is 0.975 bits per heavy atom. The number of nitrogens with zero attached hydrogens (tertiary/aromatic N) is 2. The second-order valence-corrected chi connectivity index (χ2v) is 12.9. The summed E-state index contributed by atoms with van der Waals surface area (Å²) in [5.41, 5.74) is 16.6. The number of hydrogen-bond donors (Lipinski definition) is 1. The van der Waals surface area contributed by atoms with Gasteiger partial charge in [-0.2, -0.15) is 17.0 Å². The first-order chi connectivity index (χ1) is 19.1. The topological polar surface area (TPSA) is 70.1 Å². The Hall–Kier alpha value is -3.75. The molecule has 1 heterocycles. The molecule has 2 aliphatic rings. The smallest absolute Gasteiger partial charge is 0.162 e. The van der Waals surface area contributed by atoms with Crippen LogP contribution in [0.25, 0.3) is 0 Å². The lowest BCUT2D eigenvalue weighted by atomic mass is 9.68. The maximum atomic E-state index is 14.0. The van der Waals surface area contributed by atoms with Gasteiger partial charge in [0.15, 0.2) is 5.78 Å². The van der Waals surface area contributed by atoms with Gasteiger partial charge in [-0.25, -0.2) is 0 Å². The SMILES string of the molecule is Cc1ccc(N2C(N)=C(C#N)C(c3cc(CSCc4ccccc4)c(C)cc3C)C3=C2CC(C)(C)CC3=O)cc1. The summed E-state index contributed by atoms with van der Waals surface area (Å²) in [4.78, 5) is 15.9. The fraction of sp³-hybridized carbons (Fsp3) is 0.314. The number of anilines is 1. The van der Waals surface area contributed by atoms with Crippen LogP contribution in [0.15, 0.2) is 89.4 Å². The molecule has 204 valence electrons. The molecule has 5 heteroatoms. The lowest BCUT2D eigenvalue weighted by Crippen LogP contribution is -2.42. The Bertz CT molecular complexity index is 1560. The Balaban J connectivity index is 1.61. The normalized spacial score (nSPS) is 18.6. The quantitative estimate of drug-likeness (QED) is 0.339. The highest BCUT2D eigenvalue weighted by atomic mass is 32.2. The first-order valence-electron chi connectivity index (χ1n) is 13.8. The highest BCUT2D eigenvalue weighted by Crippen LogP contribution is 2.51. The minimum Gasteiger partial charge on any atom is -0.384 e. The van der Waals surface area contributed by atoms with Crippen molar-refractivity contribution in [3.8, 4) is 6.07 Å². The largest absolute Gasteiger partial charge is 0.384 e. The van der Waals surface area contributed by atoms with E-state index in [1.165, 1.54) is 16.7 Å².